The Hall–Kier alpha value is -2.69. The van der Waals surface area contributed by atoms with E-state index in [0.29, 0.717) is 17.1 Å². The predicted molar refractivity (Wildman–Crippen MR) is 102 cm³/mol. The van der Waals surface area contributed by atoms with Gasteiger partial charge in [0.1, 0.15) is 5.56 Å². The monoisotopic (exact) mass is 348 g/mol. The van der Waals surface area contributed by atoms with Gasteiger partial charge in [-0.1, -0.05) is 51.0 Å². The molecule has 0 aliphatic heterocycles. The van der Waals surface area contributed by atoms with Gasteiger partial charge in [-0.3, -0.25) is 4.79 Å². The number of carbonyl (C=O) groups excluding carboxylic acids is 1. The summed E-state index contributed by atoms with van der Waals surface area (Å²) in [6.45, 7) is 4.37. The molecule has 2 heterocycles. The molecule has 1 amide bonds. The van der Waals surface area contributed by atoms with Crippen LogP contribution in [0, 0.1) is 0 Å². The molecule has 0 atom stereocenters. The van der Waals surface area contributed by atoms with Crippen LogP contribution in [-0.4, -0.2) is 26.5 Å². The maximum Gasteiger partial charge on any atom is 0.256 e. The van der Waals surface area contributed by atoms with Crippen LogP contribution in [0.4, 0.5) is 0 Å². The summed E-state index contributed by atoms with van der Waals surface area (Å²) >= 11 is 0. The highest BCUT2D eigenvalue weighted by Gasteiger charge is 2.21. The molecule has 4 rings (SSSR count). The molecule has 0 saturated heterocycles. The number of amides is 1. The number of carbonyl (C=O) groups is 1. The van der Waals surface area contributed by atoms with Crippen molar-refractivity contribution in [3.8, 4) is 11.3 Å². The maximum absolute atomic E-state index is 12.6. The molecule has 0 radical (unpaired) electrons. The van der Waals surface area contributed by atoms with Gasteiger partial charge >= 0.3 is 0 Å². The third kappa shape index (κ3) is 3.09. The molecule has 3 aromatic rings. The van der Waals surface area contributed by atoms with Crippen molar-refractivity contribution in [3.63, 3.8) is 0 Å². The summed E-state index contributed by atoms with van der Waals surface area (Å²) in [5.74, 6) is 0.420. The summed E-state index contributed by atoms with van der Waals surface area (Å²) in [6.07, 6.45) is 7.87. The lowest BCUT2D eigenvalue weighted by molar-refractivity contribution is 0.0939. The van der Waals surface area contributed by atoms with E-state index in [1.165, 1.54) is 18.4 Å². The van der Waals surface area contributed by atoms with Crippen molar-refractivity contribution in [2.45, 2.75) is 51.5 Å². The highest BCUT2D eigenvalue weighted by molar-refractivity contribution is 6.00. The lowest BCUT2D eigenvalue weighted by atomic mass is 10.0. The highest BCUT2D eigenvalue weighted by atomic mass is 16.1. The number of rotatable bonds is 4. The van der Waals surface area contributed by atoms with Gasteiger partial charge in [0.2, 0.25) is 0 Å². The zero-order chi connectivity index (χ0) is 18.1. The van der Waals surface area contributed by atoms with Gasteiger partial charge in [-0.15, -0.1) is 0 Å². The third-order valence-electron chi connectivity index (χ3n) is 5.21. The Morgan fingerprint density at radius 3 is 2.58 bits per heavy atom. The van der Waals surface area contributed by atoms with Gasteiger partial charge in [-0.05, 0) is 30.4 Å². The lowest BCUT2D eigenvalue weighted by Crippen LogP contribution is -2.32. The normalized spacial score (nSPS) is 15.0. The second-order valence-electron chi connectivity index (χ2n) is 7.36. The number of hydrogen-bond donors (Lipinski definition) is 1. The Kier molecular flexibility index (Phi) is 4.45. The van der Waals surface area contributed by atoms with E-state index >= 15 is 0 Å². The molecular weight excluding hydrogens is 324 g/mol. The molecule has 1 aromatic carbocycles. The van der Waals surface area contributed by atoms with Crippen LogP contribution in [0.5, 0.6) is 0 Å². The minimum atomic E-state index is -0.0771. The van der Waals surface area contributed by atoms with Gasteiger partial charge in [0.05, 0.1) is 11.9 Å². The van der Waals surface area contributed by atoms with E-state index in [1.54, 1.807) is 16.9 Å². The Balaban J connectivity index is 1.67. The number of nitrogens with one attached hydrogen (secondary N) is 1. The van der Waals surface area contributed by atoms with Crippen LogP contribution < -0.4 is 5.32 Å². The Morgan fingerprint density at radius 1 is 1.15 bits per heavy atom. The van der Waals surface area contributed by atoms with Crippen molar-refractivity contribution < 1.29 is 4.79 Å². The van der Waals surface area contributed by atoms with Gasteiger partial charge in [-0.25, -0.2) is 9.50 Å². The number of fused-ring (bicyclic) bond motifs is 1. The summed E-state index contributed by atoms with van der Waals surface area (Å²) < 4.78 is 1.76. The van der Waals surface area contributed by atoms with Gasteiger partial charge < -0.3 is 5.32 Å². The second kappa shape index (κ2) is 6.90. The molecule has 1 N–H and O–H groups in total. The first-order chi connectivity index (χ1) is 12.6. The number of nitrogens with zero attached hydrogens (tertiary/aromatic N) is 3. The van der Waals surface area contributed by atoms with E-state index in [-0.39, 0.29) is 11.9 Å². The molecule has 26 heavy (non-hydrogen) atoms. The maximum atomic E-state index is 12.6. The molecule has 1 saturated carbocycles. The van der Waals surface area contributed by atoms with Crippen molar-refractivity contribution in [1.29, 1.82) is 0 Å². The molecule has 0 unspecified atom stereocenters. The summed E-state index contributed by atoms with van der Waals surface area (Å²) in [6, 6.07) is 10.7. The van der Waals surface area contributed by atoms with Crippen LogP contribution in [0.15, 0.2) is 42.7 Å². The molecule has 1 aliphatic rings. The average molecular weight is 348 g/mol. The first-order valence-electron chi connectivity index (χ1n) is 9.37. The smallest absolute Gasteiger partial charge is 0.256 e. The first-order valence-corrected chi connectivity index (χ1v) is 9.37. The van der Waals surface area contributed by atoms with Gasteiger partial charge in [0.15, 0.2) is 5.65 Å². The Morgan fingerprint density at radius 2 is 1.88 bits per heavy atom. The molecule has 2 aromatic heterocycles. The molecule has 5 nitrogen and oxygen atoms in total. The lowest BCUT2D eigenvalue weighted by Gasteiger charge is -2.11. The SMILES string of the molecule is CC(C)c1ccc(-c2ccnc3c(C(=O)NC4CCCC4)cnn23)cc1. The number of aromatic nitrogens is 3. The molecule has 134 valence electrons. The molecular formula is C21H24N4O. The van der Waals surface area contributed by atoms with Crippen LogP contribution >= 0.6 is 0 Å². The molecule has 0 spiro atoms. The molecule has 5 heteroatoms. The average Bonchev–Trinajstić information content (AvgIpc) is 3.31. The van der Waals surface area contributed by atoms with E-state index in [9.17, 15) is 4.79 Å². The quantitative estimate of drug-likeness (QED) is 0.769. The van der Waals surface area contributed by atoms with E-state index in [2.05, 4.69) is 53.5 Å². The van der Waals surface area contributed by atoms with Crippen molar-refractivity contribution in [2.24, 2.45) is 0 Å². The van der Waals surface area contributed by atoms with E-state index in [1.807, 2.05) is 6.07 Å². The van der Waals surface area contributed by atoms with Crippen LogP contribution in [-0.2, 0) is 0 Å². The van der Waals surface area contributed by atoms with Crippen LogP contribution in [0.1, 0.15) is 61.4 Å². The van der Waals surface area contributed by atoms with Gasteiger partial charge in [0.25, 0.3) is 5.91 Å². The zero-order valence-corrected chi connectivity index (χ0v) is 15.3. The van der Waals surface area contributed by atoms with Crippen molar-refractivity contribution >= 4 is 11.6 Å². The molecule has 1 fully saturated rings. The van der Waals surface area contributed by atoms with Crippen LogP contribution in [0.25, 0.3) is 16.9 Å². The van der Waals surface area contributed by atoms with Crippen LogP contribution in [0.2, 0.25) is 0 Å². The topological polar surface area (TPSA) is 59.3 Å². The number of benzene rings is 1. The minimum absolute atomic E-state index is 0.0771. The Bertz CT molecular complexity index is 921. The number of hydrogen-bond acceptors (Lipinski definition) is 3. The minimum Gasteiger partial charge on any atom is -0.349 e. The predicted octanol–water partition coefficient (Wildman–Crippen LogP) is 4.19. The van der Waals surface area contributed by atoms with Crippen molar-refractivity contribution in [3.05, 3.63) is 53.9 Å². The summed E-state index contributed by atoms with van der Waals surface area (Å²) in [5, 5.41) is 7.56. The summed E-state index contributed by atoms with van der Waals surface area (Å²) in [4.78, 5) is 17.0. The summed E-state index contributed by atoms with van der Waals surface area (Å²) in [7, 11) is 0. The largest absolute Gasteiger partial charge is 0.349 e. The third-order valence-corrected chi connectivity index (χ3v) is 5.21. The van der Waals surface area contributed by atoms with Gasteiger partial charge in [0, 0.05) is 17.8 Å². The second-order valence-corrected chi connectivity index (χ2v) is 7.36. The van der Waals surface area contributed by atoms with Crippen molar-refractivity contribution in [2.75, 3.05) is 0 Å². The van der Waals surface area contributed by atoms with E-state index in [0.717, 1.165) is 24.1 Å². The van der Waals surface area contributed by atoms with Crippen LogP contribution in [0.3, 0.4) is 0 Å². The van der Waals surface area contributed by atoms with Gasteiger partial charge in [-0.2, -0.15) is 5.10 Å². The highest BCUT2D eigenvalue weighted by Crippen LogP contribution is 2.24. The summed E-state index contributed by atoms with van der Waals surface area (Å²) in [5.41, 5.74) is 4.44. The first kappa shape index (κ1) is 16.8. The molecule has 0 bridgehead atoms. The fraction of sp³-hybridized carbons (Fsp3) is 0.381. The molecule has 1 aliphatic carbocycles. The standard InChI is InChI=1S/C21H24N4O/c1-14(2)15-7-9-16(10-8-15)19-11-12-22-20-18(13-23-25(19)20)21(26)24-17-5-3-4-6-17/h7-14,17H,3-6H2,1-2H3,(H,24,26). The zero-order valence-electron chi connectivity index (χ0n) is 15.3. The van der Waals surface area contributed by atoms with E-state index < -0.39 is 0 Å². The van der Waals surface area contributed by atoms with Crippen molar-refractivity contribution in [1.82, 2.24) is 19.9 Å². The fourth-order valence-corrected chi connectivity index (χ4v) is 3.64. The van der Waals surface area contributed by atoms with E-state index in [4.69, 9.17) is 0 Å². The fourth-order valence-electron chi connectivity index (χ4n) is 3.64. The Labute approximate surface area is 153 Å².